The lowest BCUT2D eigenvalue weighted by atomic mass is 9.89. The van der Waals surface area contributed by atoms with E-state index in [0.717, 1.165) is 44.5 Å². The Morgan fingerprint density at radius 1 is 0.511 bits per heavy atom. The maximum Gasteiger partial charge on any atom is 0.0962 e. The lowest BCUT2D eigenvalue weighted by molar-refractivity contribution is -0.306. The van der Waals surface area contributed by atoms with E-state index in [2.05, 4.69) is 25.7 Å². The van der Waals surface area contributed by atoms with E-state index >= 15 is 0 Å². The maximum absolute atomic E-state index is 9.58. The SMILES string of the molecule is CCCCCCCCC(CCCCCCCC)CCCCCCCN(CCO)CCCCCCCOOC1CC1CCCCCCC. The quantitative estimate of drug-likeness (QED) is 0.0402. The molecule has 0 saturated heterocycles. The van der Waals surface area contributed by atoms with Gasteiger partial charge in [-0.05, 0) is 57.0 Å². The van der Waals surface area contributed by atoms with Crippen molar-refractivity contribution in [3.8, 4) is 0 Å². The van der Waals surface area contributed by atoms with E-state index in [1.54, 1.807) is 0 Å². The summed E-state index contributed by atoms with van der Waals surface area (Å²) < 4.78 is 0. The molecule has 1 aliphatic carbocycles. The molecule has 0 aliphatic heterocycles. The Hall–Kier alpha value is -0.160. The fourth-order valence-electron chi connectivity index (χ4n) is 7.45. The van der Waals surface area contributed by atoms with Crippen molar-refractivity contribution in [2.75, 3.05) is 32.8 Å². The molecule has 1 N–H and O–H groups in total. The monoisotopic (exact) mass is 666 g/mol. The molecule has 4 heteroatoms. The van der Waals surface area contributed by atoms with E-state index in [9.17, 15) is 5.11 Å². The zero-order valence-electron chi connectivity index (χ0n) is 32.6. The summed E-state index contributed by atoms with van der Waals surface area (Å²) in [6, 6.07) is 0. The third-order valence-electron chi connectivity index (χ3n) is 10.9. The van der Waals surface area contributed by atoms with Crippen LogP contribution in [0.1, 0.15) is 226 Å². The number of aliphatic hydroxyl groups excluding tert-OH is 1. The first-order valence-electron chi connectivity index (χ1n) is 21.9. The lowest BCUT2D eigenvalue weighted by Gasteiger charge is -2.21. The molecular weight excluding hydrogens is 578 g/mol. The molecule has 0 aromatic carbocycles. The van der Waals surface area contributed by atoms with E-state index in [-0.39, 0.29) is 6.61 Å². The highest BCUT2D eigenvalue weighted by molar-refractivity contribution is 4.86. The van der Waals surface area contributed by atoms with Crippen LogP contribution in [0.3, 0.4) is 0 Å². The lowest BCUT2D eigenvalue weighted by Crippen LogP contribution is -2.29. The van der Waals surface area contributed by atoms with Gasteiger partial charge in [-0.25, -0.2) is 9.78 Å². The second kappa shape index (κ2) is 35.7. The van der Waals surface area contributed by atoms with Crippen LogP contribution in [-0.4, -0.2) is 49.0 Å². The Kier molecular flexibility index (Phi) is 34.0. The fraction of sp³-hybridized carbons (Fsp3) is 1.00. The van der Waals surface area contributed by atoms with Gasteiger partial charge in [0.15, 0.2) is 0 Å². The van der Waals surface area contributed by atoms with Crippen LogP contribution < -0.4 is 0 Å². The number of rotatable bonds is 40. The van der Waals surface area contributed by atoms with Crippen LogP contribution in [0.15, 0.2) is 0 Å². The van der Waals surface area contributed by atoms with Crippen molar-refractivity contribution in [3.63, 3.8) is 0 Å². The van der Waals surface area contributed by atoms with Crippen LogP contribution in [0.25, 0.3) is 0 Å². The molecule has 47 heavy (non-hydrogen) atoms. The summed E-state index contributed by atoms with van der Waals surface area (Å²) in [6.45, 7) is 11.1. The molecule has 0 bridgehead atoms. The molecule has 1 saturated carbocycles. The minimum absolute atomic E-state index is 0.288. The first-order valence-corrected chi connectivity index (χ1v) is 21.9. The van der Waals surface area contributed by atoms with Gasteiger partial charge in [0.25, 0.3) is 0 Å². The molecule has 0 amide bonds. The maximum atomic E-state index is 9.58. The Morgan fingerprint density at radius 3 is 1.43 bits per heavy atom. The molecule has 0 radical (unpaired) electrons. The molecule has 2 atom stereocenters. The highest BCUT2D eigenvalue weighted by Gasteiger charge is 2.38. The predicted octanol–water partition coefficient (Wildman–Crippen LogP) is 13.4. The smallest absolute Gasteiger partial charge is 0.0962 e. The van der Waals surface area contributed by atoms with Gasteiger partial charge in [0.05, 0.1) is 19.3 Å². The molecular formula is C43H87NO3. The van der Waals surface area contributed by atoms with E-state index in [1.165, 1.54) is 199 Å². The molecule has 1 fully saturated rings. The van der Waals surface area contributed by atoms with Crippen molar-refractivity contribution in [3.05, 3.63) is 0 Å². The van der Waals surface area contributed by atoms with E-state index in [4.69, 9.17) is 9.78 Å². The van der Waals surface area contributed by atoms with Crippen LogP contribution in [-0.2, 0) is 9.78 Å². The third kappa shape index (κ3) is 30.4. The molecule has 1 rings (SSSR count). The van der Waals surface area contributed by atoms with Crippen LogP contribution >= 0.6 is 0 Å². The first-order chi connectivity index (χ1) is 23.2. The summed E-state index contributed by atoms with van der Waals surface area (Å²) in [6.07, 6.45) is 44.4. The molecule has 0 spiro atoms. The number of unbranched alkanes of at least 4 members (excludes halogenated alkanes) is 22. The van der Waals surface area contributed by atoms with E-state index in [1.807, 2.05) is 0 Å². The number of aliphatic hydroxyl groups is 1. The average Bonchev–Trinajstić information content (AvgIpc) is 3.83. The van der Waals surface area contributed by atoms with Crippen molar-refractivity contribution in [2.24, 2.45) is 11.8 Å². The number of hydrogen-bond acceptors (Lipinski definition) is 4. The van der Waals surface area contributed by atoms with Gasteiger partial charge in [-0.15, -0.1) is 0 Å². The van der Waals surface area contributed by atoms with Crippen LogP contribution in [0.2, 0.25) is 0 Å². The second-order valence-corrected chi connectivity index (χ2v) is 15.5. The summed E-state index contributed by atoms with van der Waals surface area (Å²) in [5.41, 5.74) is 0. The molecule has 0 aromatic heterocycles. The van der Waals surface area contributed by atoms with E-state index in [0.29, 0.717) is 6.10 Å². The van der Waals surface area contributed by atoms with Crippen molar-refractivity contribution >= 4 is 0 Å². The third-order valence-corrected chi connectivity index (χ3v) is 10.9. The number of nitrogens with zero attached hydrogens (tertiary/aromatic N) is 1. The summed E-state index contributed by atoms with van der Waals surface area (Å²) in [5, 5.41) is 9.58. The Bertz CT molecular complexity index is 586. The minimum atomic E-state index is 0.288. The molecule has 0 aromatic rings. The second-order valence-electron chi connectivity index (χ2n) is 15.5. The zero-order chi connectivity index (χ0) is 33.9. The van der Waals surface area contributed by atoms with Crippen molar-refractivity contribution in [1.29, 1.82) is 0 Å². The first kappa shape index (κ1) is 44.9. The van der Waals surface area contributed by atoms with Gasteiger partial charge >= 0.3 is 0 Å². The standard InChI is InChI=1S/C43H87NO3/c1-4-7-10-13-18-24-31-41(32-25-19-14-11-8-5-2)33-26-20-15-21-28-35-44(37-38-45)36-29-22-16-23-30-39-46-47-43-40-42(43)34-27-17-12-9-6-3/h41-43,45H,4-40H2,1-3H3. The number of hydrogen-bond donors (Lipinski definition) is 1. The van der Waals surface area contributed by atoms with Gasteiger partial charge < -0.3 is 10.0 Å². The summed E-state index contributed by atoms with van der Waals surface area (Å²) in [5.74, 6) is 1.74. The van der Waals surface area contributed by atoms with Crippen molar-refractivity contribution in [2.45, 2.75) is 232 Å². The Morgan fingerprint density at radius 2 is 0.936 bits per heavy atom. The van der Waals surface area contributed by atoms with Gasteiger partial charge in [0, 0.05) is 6.54 Å². The van der Waals surface area contributed by atoms with Gasteiger partial charge in [-0.2, -0.15) is 0 Å². The largest absolute Gasteiger partial charge is 0.395 e. The zero-order valence-corrected chi connectivity index (χ0v) is 32.6. The van der Waals surface area contributed by atoms with Crippen LogP contribution in [0.4, 0.5) is 0 Å². The minimum Gasteiger partial charge on any atom is -0.395 e. The molecule has 4 nitrogen and oxygen atoms in total. The topological polar surface area (TPSA) is 41.9 Å². The van der Waals surface area contributed by atoms with Crippen LogP contribution in [0, 0.1) is 11.8 Å². The highest BCUT2D eigenvalue weighted by atomic mass is 17.2. The molecule has 2 unspecified atom stereocenters. The van der Waals surface area contributed by atoms with E-state index < -0.39 is 0 Å². The Labute approximate surface area is 296 Å². The van der Waals surface area contributed by atoms with Gasteiger partial charge in [-0.3, -0.25) is 0 Å². The summed E-state index contributed by atoms with van der Waals surface area (Å²) in [4.78, 5) is 13.7. The predicted molar refractivity (Wildman–Crippen MR) is 206 cm³/mol. The van der Waals surface area contributed by atoms with Gasteiger partial charge in [0.2, 0.25) is 0 Å². The van der Waals surface area contributed by atoms with Gasteiger partial charge in [0.1, 0.15) is 0 Å². The van der Waals surface area contributed by atoms with Crippen LogP contribution in [0.5, 0.6) is 0 Å². The summed E-state index contributed by atoms with van der Waals surface area (Å²) >= 11 is 0. The van der Waals surface area contributed by atoms with Crippen molar-refractivity contribution in [1.82, 2.24) is 4.90 Å². The highest BCUT2D eigenvalue weighted by Crippen LogP contribution is 2.38. The fourth-order valence-corrected chi connectivity index (χ4v) is 7.45. The van der Waals surface area contributed by atoms with Crippen molar-refractivity contribution < 1.29 is 14.9 Å². The molecule has 282 valence electrons. The van der Waals surface area contributed by atoms with Gasteiger partial charge in [-0.1, -0.05) is 194 Å². The normalized spacial score (nSPS) is 16.2. The molecule has 0 heterocycles. The average molecular weight is 666 g/mol. The Balaban J connectivity index is 2.01. The summed E-state index contributed by atoms with van der Waals surface area (Å²) in [7, 11) is 0. The molecule has 1 aliphatic rings.